The summed E-state index contributed by atoms with van der Waals surface area (Å²) in [5, 5.41) is 8.75. The second kappa shape index (κ2) is 5.19. The van der Waals surface area contributed by atoms with Crippen LogP contribution >= 0.6 is 0 Å². The second-order valence-corrected chi connectivity index (χ2v) is 4.39. The molecule has 0 fully saturated rings. The summed E-state index contributed by atoms with van der Waals surface area (Å²) in [6.07, 6.45) is -4.56. The zero-order chi connectivity index (χ0) is 15.8. The molecular formula is C13H11F3N2O3. The van der Waals surface area contributed by atoms with E-state index in [1.54, 1.807) is 6.92 Å². The van der Waals surface area contributed by atoms with E-state index >= 15 is 0 Å². The highest BCUT2D eigenvalue weighted by Crippen LogP contribution is 2.31. The van der Waals surface area contributed by atoms with Gasteiger partial charge in [-0.15, -0.1) is 0 Å². The number of rotatable bonds is 4. The fraction of sp³-hybridized carbons (Fsp3) is 0.308. The minimum Gasteiger partial charge on any atom is -0.480 e. The molecule has 112 valence electrons. The van der Waals surface area contributed by atoms with Crippen molar-refractivity contribution in [2.75, 3.05) is 0 Å². The molecule has 1 N–H and O–H groups in total. The topological polar surface area (TPSA) is 72.2 Å². The molecule has 0 bridgehead atoms. The van der Waals surface area contributed by atoms with Gasteiger partial charge in [-0.1, -0.05) is 6.92 Å². The third-order valence-corrected chi connectivity index (χ3v) is 2.94. The Hall–Kier alpha value is -2.38. The SMILES string of the molecule is CCC(=O)c1ccc2c(c1)nc(C(F)(F)F)n2CC(=O)O. The highest BCUT2D eigenvalue weighted by Gasteiger charge is 2.38. The molecule has 0 saturated carbocycles. The molecule has 0 amide bonds. The van der Waals surface area contributed by atoms with Crippen LogP contribution in [-0.2, 0) is 17.5 Å². The van der Waals surface area contributed by atoms with Gasteiger partial charge in [-0.05, 0) is 18.2 Å². The number of carbonyl (C=O) groups excluding carboxylic acids is 1. The van der Waals surface area contributed by atoms with Crippen molar-refractivity contribution in [3.63, 3.8) is 0 Å². The number of nitrogens with zero attached hydrogens (tertiary/aromatic N) is 2. The molecule has 1 heterocycles. The molecule has 0 aliphatic heterocycles. The lowest BCUT2D eigenvalue weighted by atomic mass is 10.1. The zero-order valence-electron chi connectivity index (χ0n) is 10.9. The number of halogens is 3. The second-order valence-electron chi connectivity index (χ2n) is 4.39. The summed E-state index contributed by atoms with van der Waals surface area (Å²) in [6, 6.07) is 3.90. The minimum atomic E-state index is -4.77. The van der Waals surface area contributed by atoms with Gasteiger partial charge in [0.05, 0.1) is 11.0 Å². The van der Waals surface area contributed by atoms with Crippen molar-refractivity contribution < 1.29 is 27.9 Å². The van der Waals surface area contributed by atoms with Crippen LogP contribution in [0.15, 0.2) is 18.2 Å². The summed E-state index contributed by atoms with van der Waals surface area (Å²) in [5.41, 5.74) is 0.221. The van der Waals surface area contributed by atoms with Gasteiger partial charge in [0, 0.05) is 12.0 Å². The molecule has 8 heteroatoms. The Morgan fingerprint density at radius 3 is 2.52 bits per heavy atom. The normalized spacial score (nSPS) is 11.8. The molecule has 2 rings (SSSR count). The van der Waals surface area contributed by atoms with Crippen LogP contribution < -0.4 is 0 Å². The number of carboxylic acids is 1. The largest absolute Gasteiger partial charge is 0.480 e. The van der Waals surface area contributed by atoms with E-state index < -0.39 is 24.5 Å². The van der Waals surface area contributed by atoms with Crippen LogP contribution in [0.4, 0.5) is 13.2 Å². The van der Waals surface area contributed by atoms with Gasteiger partial charge in [-0.25, -0.2) is 4.98 Å². The van der Waals surface area contributed by atoms with Crippen LogP contribution in [0.3, 0.4) is 0 Å². The zero-order valence-corrected chi connectivity index (χ0v) is 10.9. The van der Waals surface area contributed by atoms with E-state index in [9.17, 15) is 22.8 Å². The van der Waals surface area contributed by atoms with E-state index in [4.69, 9.17) is 5.11 Å². The van der Waals surface area contributed by atoms with Gasteiger partial charge < -0.3 is 9.67 Å². The standard InChI is InChI=1S/C13H11F3N2O3/c1-2-10(19)7-3-4-9-8(5-7)17-12(13(14,15)16)18(9)6-11(20)21/h3-5H,2,6H2,1H3,(H,20,21). The van der Waals surface area contributed by atoms with Crippen LogP contribution in [0, 0.1) is 0 Å². The molecule has 0 saturated heterocycles. The number of ketones is 1. The van der Waals surface area contributed by atoms with Crippen molar-refractivity contribution in [2.45, 2.75) is 26.1 Å². The molecule has 0 atom stereocenters. The quantitative estimate of drug-likeness (QED) is 0.881. The first-order chi connectivity index (χ1) is 9.74. The lowest BCUT2D eigenvalue weighted by Gasteiger charge is -2.08. The van der Waals surface area contributed by atoms with Crippen LogP contribution in [0.5, 0.6) is 0 Å². The number of aromatic nitrogens is 2. The van der Waals surface area contributed by atoms with Gasteiger partial charge in [0.25, 0.3) is 0 Å². The highest BCUT2D eigenvalue weighted by molar-refractivity contribution is 5.98. The highest BCUT2D eigenvalue weighted by atomic mass is 19.4. The third-order valence-electron chi connectivity index (χ3n) is 2.94. The average Bonchev–Trinajstić information content (AvgIpc) is 2.75. The maximum absolute atomic E-state index is 12.9. The maximum atomic E-state index is 12.9. The molecule has 0 aliphatic carbocycles. The number of carbonyl (C=O) groups is 2. The molecule has 0 radical (unpaired) electrons. The van der Waals surface area contributed by atoms with E-state index in [0.29, 0.717) is 4.57 Å². The number of Topliss-reactive ketones (excluding diaryl/α,β-unsaturated/α-hetero) is 1. The summed E-state index contributed by atoms with van der Waals surface area (Å²) in [4.78, 5) is 25.8. The number of imidazole rings is 1. The van der Waals surface area contributed by atoms with E-state index in [2.05, 4.69) is 4.98 Å². The Labute approximate surface area is 117 Å². The van der Waals surface area contributed by atoms with E-state index in [1.807, 2.05) is 0 Å². The fourth-order valence-corrected chi connectivity index (χ4v) is 2.02. The molecule has 2 aromatic rings. The fourth-order valence-electron chi connectivity index (χ4n) is 2.02. The molecule has 0 aliphatic rings. The lowest BCUT2D eigenvalue weighted by Crippen LogP contribution is -2.18. The predicted molar refractivity (Wildman–Crippen MR) is 67.0 cm³/mol. The third kappa shape index (κ3) is 2.88. The Bertz CT molecular complexity index is 719. The van der Waals surface area contributed by atoms with Crippen LogP contribution in [0.1, 0.15) is 29.5 Å². The summed E-state index contributed by atoms with van der Waals surface area (Å²) >= 11 is 0. The molecule has 21 heavy (non-hydrogen) atoms. The first-order valence-corrected chi connectivity index (χ1v) is 6.06. The Balaban J connectivity index is 2.67. The van der Waals surface area contributed by atoms with Gasteiger partial charge in [0.2, 0.25) is 5.82 Å². The van der Waals surface area contributed by atoms with E-state index in [1.165, 1.54) is 18.2 Å². The number of alkyl halides is 3. The van der Waals surface area contributed by atoms with Crippen molar-refractivity contribution in [3.05, 3.63) is 29.6 Å². The number of carboxylic acid groups (broad SMARTS) is 1. The van der Waals surface area contributed by atoms with Crippen LogP contribution in [0.25, 0.3) is 11.0 Å². The van der Waals surface area contributed by atoms with Gasteiger partial charge in [-0.3, -0.25) is 9.59 Å². The number of hydrogen-bond acceptors (Lipinski definition) is 3. The van der Waals surface area contributed by atoms with Gasteiger partial charge >= 0.3 is 12.1 Å². The molecular weight excluding hydrogens is 289 g/mol. The van der Waals surface area contributed by atoms with Gasteiger partial charge in [0.1, 0.15) is 6.54 Å². The van der Waals surface area contributed by atoms with Crippen molar-refractivity contribution in [3.8, 4) is 0 Å². The molecule has 0 unspecified atom stereocenters. The number of benzene rings is 1. The first kappa shape index (κ1) is 15.0. The van der Waals surface area contributed by atoms with Gasteiger partial charge in [0.15, 0.2) is 5.78 Å². The molecule has 5 nitrogen and oxygen atoms in total. The Morgan fingerprint density at radius 2 is 2.00 bits per heavy atom. The Kier molecular flexibility index (Phi) is 3.71. The summed E-state index contributed by atoms with van der Waals surface area (Å²) in [7, 11) is 0. The maximum Gasteiger partial charge on any atom is 0.449 e. The Morgan fingerprint density at radius 1 is 1.33 bits per heavy atom. The molecule has 0 spiro atoms. The average molecular weight is 300 g/mol. The van der Waals surface area contributed by atoms with Crippen molar-refractivity contribution in [1.29, 1.82) is 0 Å². The van der Waals surface area contributed by atoms with Crippen LogP contribution in [-0.4, -0.2) is 26.4 Å². The summed E-state index contributed by atoms with van der Waals surface area (Å²) in [5.74, 6) is -2.92. The summed E-state index contributed by atoms with van der Waals surface area (Å²) in [6.45, 7) is 0.781. The van der Waals surface area contributed by atoms with Crippen LogP contribution in [0.2, 0.25) is 0 Å². The minimum absolute atomic E-state index is 0.0254. The lowest BCUT2D eigenvalue weighted by molar-refractivity contribution is -0.148. The smallest absolute Gasteiger partial charge is 0.449 e. The van der Waals surface area contributed by atoms with E-state index in [-0.39, 0.29) is 28.8 Å². The number of hydrogen-bond donors (Lipinski definition) is 1. The number of aliphatic carboxylic acids is 1. The monoisotopic (exact) mass is 300 g/mol. The molecule has 1 aromatic heterocycles. The van der Waals surface area contributed by atoms with Crippen molar-refractivity contribution in [1.82, 2.24) is 9.55 Å². The van der Waals surface area contributed by atoms with Gasteiger partial charge in [-0.2, -0.15) is 13.2 Å². The van der Waals surface area contributed by atoms with Crippen molar-refractivity contribution in [2.24, 2.45) is 0 Å². The van der Waals surface area contributed by atoms with Crippen molar-refractivity contribution >= 4 is 22.8 Å². The first-order valence-electron chi connectivity index (χ1n) is 6.06. The molecule has 1 aromatic carbocycles. The van der Waals surface area contributed by atoms with E-state index in [0.717, 1.165) is 0 Å². The number of fused-ring (bicyclic) bond motifs is 1. The predicted octanol–water partition coefficient (Wildman–Crippen LogP) is 2.73. The summed E-state index contributed by atoms with van der Waals surface area (Å²) < 4.78 is 39.3.